The lowest BCUT2D eigenvalue weighted by Gasteiger charge is -2.15. The first-order valence-electron chi connectivity index (χ1n) is 7.69. The Hall–Kier alpha value is -1.89. The van der Waals surface area contributed by atoms with Gasteiger partial charge in [-0.15, -0.1) is 10.2 Å². The minimum atomic E-state index is 0.201. The Morgan fingerprint density at radius 2 is 1.62 bits per heavy atom. The summed E-state index contributed by atoms with van der Waals surface area (Å²) < 4.78 is 5.99. The maximum Gasteiger partial charge on any atom is 0.206 e. The summed E-state index contributed by atoms with van der Waals surface area (Å²) in [5.41, 5.74) is 2.52. The van der Waals surface area contributed by atoms with Crippen molar-refractivity contribution >= 4 is 28.2 Å². The normalized spacial score (nSPS) is 10.9. The van der Waals surface area contributed by atoms with Gasteiger partial charge in [-0.1, -0.05) is 83.8 Å². The predicted molar refractivity (Wildman–Crippen MR) is 101 cm³/mol. The molecule has 0 amide bonds. The van der Waals surface area contributed by atoms with Gasteiger partial charge >= 0.3 is 0 Å². The molecule has 24 heavy (non-hydrogen) atoms. The van der Waals surface area contributed by atoms with E-state index < -0.39 is 0 Å². The van der Waals surface area contributed by atoms with Crippen LogP contribution < -0.4 is 5.32 Å². The van der Waals surface area contributed by atoms with Crippen molar-refractivity contribution in [1.82, 2.24) is 10.2 Å². The summed E-state index contributed by atoms with van der Waals surface area (Å²) >= 11 is 3.30. The summed E-state index contributed by atoms with van der Waals surface area (Å²) in [6.07, 6.45) is 0. The van der Waals surface area contributed by atoms with Crippen LogP contribution in [0.3, 0.4) is 0 Å². The van der Waals surface area contributed by atoms with Gasteiger partial charge in [0, 0.05) is 13.7 Å². The molecule has 3 rings (SSSR count). The minimum Gasteiger partial charge on any atom is -0.383 e. The number of rotatable bonds is 8. The zero-order valence-electron chi connectivity index (χ0n) is 13.4. The second-order valence-corrected chi connectivity index (χ2v) is 7.44. The second kappa shape index (κ2) is 8.82. The van der Waals surface area contributed by atoms with Gasteiger partial charge in [0.15, 0.2) is 4.34 Å². The van der Waals surface area contributed by atoms with Crippen LogP contribution in [0.4, 0.5) is 5.13 Å². The summed E-state index contributed by atoms with van der Waals surface area (Å²) in [5.74, 6) is 0. The number of thioether (sulfide) groups is 1. The van der Waals surface area contributed by atoms with Crippen LogP contribution >= 0.6 is 23.1 Å². The average molecular weight is 358 g/mol. The van der Waals surface area contributed by atoms with Gasteiger partial charge in [-0.3, -0.25) is 0 Å². The third kappa shape index (κ3) is 4.56. The molecule has 3 aromatic rings. The van der Waals surface area contributed by atoms with Crippen LogP contribution in [0.15, 0.2) is 65.0 Å². The molecule has 0 aliphatic rings. The van der Waals surface area contributed by atoms with Crippen LogP contribution in [0.1, 0.15) is 16.4 Å². The fraction of sp³-hybridized carbons (Fsp3) is 0.222. The zero-order valence-corrected chi connectivity index (χ0v) is 15.0. The van der Waals surface area contributed by atoms with Crippen LogP contribution in [-0.4, -0.2) is 30.5 Å². The molecule has 0 fully saturated rings. The summed E-state index contributed by atoms with van der Waals surface area (Å²) in [7, 11) is 1.69. The van der Waals surface area contributed by atoms with E-state index in [1.165, 1.54) is 11.1 Å². The van der Waals surface area contributed by atoms with Gasteiger partial charge in [-0.25, -0.2) is 0 Å². The molecule has 2 aromatic carbocycles. The van der Waals surface area contributed by atoms with E-state index in [0.717, 1.165) is 16.0 Å². The molecule has 0 radical (unpaired) electrons. The van der Waals surface area contributed by atoms with Crippen molar-refractivity contribution in [3.63, 3.8) is 0 Å². The lowest BCUT2D eigenvalue weighted by Crippen LogP contribution is -2.06. The van der Waals surface area contributed by atoms with Crippen LogP contribution in [-0.2, 0) is 4.74 Å². The topological polar surface area (TPSA) is 47.0 Å². The Bertz CT molecular complexity index is 695. The van der Waals surface area contributed by atoms with Gasteiger partial charge in [0.2, 0.25) is 5.13 Å². The number of aromatic nitrogens is 2. The highest BCUT2D eigenvalue weighted by Gasteiger charge is 2.18. The van der Waals surface area contributed by atoms with Gasteiger partial charge < -0.3 is 10.1 Å². The molecule has 0 aliphatic carbocycles. The maximum absolute atomic E-state index is 5.04. The molecule has 0 atom stereocenters. The molecule has 0 spiro atoms. The molecule has 4 nitrogen and oxygen atoms in total. The summed E-state index contributed by atoms with van der Waals surface area (Å²) in [5, 5.41) is 12.8. The van der Waals surface area contributed by atoms with Crippen molar-refractivity contribution in [1.29, 1.82) is 0 Å². The maximum atomic E-state index is 5.04. The van der Waals surface area contributed by atoms with E-state index in [9.17, 15) is 0 Å². The Morgan fingerprint density at radius 3 is 2.21 bits per heavy atom. The monoisotopic (exact) mass is 357 g/mol. The highest BCUT2D eigenvalue weighted by Crippen LogP contribution is 2.41. The average Bonchev–Trinajstić information content (AvgIpc) is 3.09. The third-order valence-corrected chi connectivity index (χ3v) is 5.69. The standard InChI is InChI=1S/C18H19N3OS2/c1-22-13-12-19-17-20-21-18(24-17)23-16(14-8-4-2-5-9-14)15-10-6-3-7-11-15/h2-11,16H,12-13H2,1H3,(H,19,20). The first-order chi connectivity index (χ1) is 11.9. The second-order valence-electron chi connectivity index (χ2n) is 5.11. The fourth-order valence-electron chi connectivity index (χ4n) is 2.27. The highest BCUT2D eigenvalue weighted by molar-refractivity contribution is 8.01. The number of benzene rings is 2. The molecule has 0 saturated carbocycles. The zero-order chi connectivity index (χ0) is 16.6. The van der Waals surface area contributed by atoms with Crippen molar-refractivity contribution in [2.45, 2.75) is 9.59 Å². The van der Waals surface area contributed by atoms with Crippen LogP contribution in [0.25, 0.3) is 0 Å². The third-order valence-electron chi connectivity index (χ3n) is 3.41. The van der Waals surface area contributed by atoms with E-state index in [-0.39, 0.29) is 5.25 Å². The van der Waals surface area contributed by atoms with Gasteiger partial charge in [0.05, 0.1) is 11.9 Å². The van der Waals surface area contributed by atoms with Crippen molar-refractivity contribution in [2.75, 3.05) is 25.6 Å². The number of methoxy groups -OCH3 is 1. The Morgan fingerprint density at radius 1 is 1.00 bits per heavy atom. The molecule has 1 heterocycles. The van der Waals surface area contributed by atoms with E-state index in [0.29, 0.717) is 6.61 Å². The van der Waals surface area contributed by atoms with Crippen molar-refractivity contribution < 1.29 is 4.74 Å². The Kier molecular flexibility index (Phi) is 6.23. The SMILES string of the molecule is COCCNc1nnc(SC(c2ccccc2)c2ccccc2)s1. The number of hydrogen-bond acceptors (Lipinski definition) is 6. The van der Waals surface area contributed by atoms with E-state index in [1.54, 1.807) is 30.2 Å². The Balaban J connectivity index is 1.78. The van der Waals surface area contributed by atoms with E-state index in [2.05, 4.69) is 64.0 Å². The number of anilines is 1. The fourth-order valence-corrected chi connectivity index (χ4v) is 4.37. The van der Waals surface area contributed by atoms with E-state index in [4.69, 9.17) is 4.74 Å². The quantitative estimate of drug-likeness (QED) is 0.476. The predicted octanol–water partition coefficient (Wildman–Crippen LogP) is 4.48. The van der Waals surface area contributed by atoms with Crippen LogP contribution in [0.2, 0.25) is 0 Å². The summed E-state index contributed by atoms with van der Waals surface area (Å²) in [6.45, 7) is 1.38. The highest BCUT2D eigenvalue weighted by atomic mass is 32.2. The molecule has 0 aliphatic heterocycles. The molecular formula is C18H19N3OS2. The smallest absolute Gasteiger partial charge is 0.206 e. The molecule has 1 aromatic heterocycles. The first-order valence-corrected chi connectivity index (χ1v) is 9.39. The largest absolute Gasteiger partial charge is 0.383 e. The lowest BCUT2D eigenvalue weighted by molar-refractivity contribution is 0.211. The first kappa shape index (κ1) is 17.0. The lowest BCUT2D eigenvalue weighted by atomic mass is 10.0. The molecular weight excluding hydrogens is 338 g/mol. The van der Waals surface area contributed by atoms with Crippen molar-refractivity contribution in [2.24, 2.45) is 0 Å². The van der Waals surface area contributed by atoms with E-state index in [1.807, 2.05) is 12.1 Å². The molecule has 124 valence electrons. The molecule has 0 bridgehead atoms. The van der Waals surface area contributed by atoms with Gasteiger partial charge in [0.25, 0.3) is 0 Å². The number of ether oxygens (including phenoxy) is 1. The number of nitrogens with zero attached hydrogens (tertiary/aromatic N) is 2. The summed E-state index contributed by atoms with van der Waals surface area (Å²) in [4.78, 5) is 0. The number of hydrogen-bond donors (Lipinski definition) is 1. The molecule has 6 heteroatoms. The molecule has 1 N–H and O–H groups in total. The Labute approximate surface area is 150 Å². The van der Waals surface area contributed by atoms with Gasteiger partial charge in [0.1, 0.15) is 0 Å². The van der Waals surface area contributed by atoms with Gasteiger partial charge in [-0.2, -0.15) is 0 Å². The molecule has 0 unspecified atom stereocenters. The van der Waals surface area contributed by atoms with Gasteiger partial charge in [-0.05, 0) is 11.1 Å². The minimum absolute atomic E-state index is 0.201. The van der Waals surface area contributed by atoms with E-state index >= 15 is 0 Å². The van der Waals surface area contributed by atoms with Crippen LogP contribution in [0, 0.1) is 0 Å². The van der Waals surface area contributed by atoms with Crippen molar-refractivity contribution in [3.8, 4) is 0 Å². The summed E-state index contributed by atoms with van der Waals surface area (Å²) in [6, 6.07) is 21.0. The van der Waals surface area contributed by atoms with Crippen molar-refractivity contribution in [3.05, 3.63) is 71.8 Å². The molecule has 0 saturated heterocycles. The number of nitrogens with one attached hydrogen (secondary N) is 1. The van der Waals surface area contributed by atoms with Crippen LogP contribution in [0.5, 0.6) is 0 Å².